The Balaban J connectivity index is 1.80. The van der Waals surface area contributed by atoms with Crippen molar-refractivity contribution in [1.29, 1.82) is 0 Å². The summed E-state index contributed by atoms with van der Waals surface area (Å²) < 4.78 is 46.1. The summed E-state index contributed by atoms with van der Waals surface area (Å²) in [7, 11) is -7.85. The Morgan fingerprint density at radius 1 is 1.04 bits per heavy atom. The van der Waals surface area contributed by atoms with E-state index in [1.54, 1.807) is 12.1 Å². The Bertz CT molecular complexity index is 823. The molecule has 1 unspecified atom stereocenters. The molecule has 0 amide bonds. The Morgan fingerprint density at radius 3 is 2.32 bits per heavy atom. The van der Waals surface area contributed by atoms with Crippen LogP contribution in [0.15, 0.2) is 59.5 Å². The van der Waals surface area contributed by atoms with Crippen LogP contribution in [0.4, 0.5) is 0 Å². The average molecular weight is 405 g/mol. The van der Waals surface area contributed by atoms with Crippen molar-refractivity contribution in [3.63, 3.8) is 0 Å². The van der Waals surface area contributed by atoms with Gasteiger partial charge in [0.15, 0.2) is 0 Å². The lowest BCUT2D eigenvalue weighted by atomic mass is 10.3. The molecule has 0 saturated carbocycles. The lowest BCUT2D eigenvalue weighted by Crippen LogP contribution is -2.10. The Morgan fingerprint density at radius 2 is 1.68 bits per heavy atom. The molecule has 9 heteroatoms. The Kier molecular flexibility index (Phi) is 7.04. The fourth-order valence-electron chi connectivity index (χ4n) is 1.90. The van der Waals surface area contributed by atoms with Gasteiger partial charge in [0.05, 0.1) is 11.5 Å². The fraction of sp³-hybridized carbons (Fsp3) is 0.250. The van der Waals surface area contributed by atoms with Crippen molar-refractivity contribution in [2.45, 2.75) is 11.3 Å². The summed E-state index contributed by atoms with van der Waals surface area (Å²) in [5, 5.41) is 0.380. The van der Waals surface area contributed by atoms with Gasteiger partial charge in [-0.1, -0.05) is 29.8 Å². The molecule has 25 heavy (non-hydrogen) atoms. The normalized spacial score (nSPS) is 14.0. The van der Waals surface area contributed by atoms with Gasteiger partial charge < -0.3 is 9.63 Å². The van der Waals surface area contributed by atoms with E-state index in [9.17, 15) is 17.9 Å². The maximum Gasteiger partial charge on any atom is 0.297 e. The van der Waals surface area contributed by atoms with E-state index in [2.05, 4.69) is 0 Å². The molecule has 0 saturated heterocycles. The summed E-state index contributed by atoms with van der Waals surface area (Å²) >= 11 is 5.69. The number of hydrogen-bond donors (Lipinski definition) is 1. The second-order valence-corrected chi connectivity index (χ2v) is 9.69. The van der Waals surface area contributed by atoms with E-state index in [4.69, 9.17) is 20.5 Å². The van der Waals surface area contributed by atoms with Gasteiger partial charge in [0.2, 0.25) is 7.37 Å². The number of para-hydroxylation sites is 1. The van der Waals surface area contributed by atoms with Crippen molar-refractivity contribution in [3.8, 4) is 5.75 Å². The van der Waals surface area contributed by atoms with Crippen LogP contribution in [0.25, 0.3) is 0 Å². The highest BCUT2D eigenvalue weighted by Gasteiger charge is 2.24. The second kappa shape index (κ2) is 8.83. The summed E-state index contributed by atoms with van der Waals surface area (Å²) in [5.74, 6) is 0.664. The van der Waals surface area contributed by atoms with Gasteiger partial charge in [-0.05, 0) is 42.8 Å². The molecule has 2 aromatic rings. The van der Waals surface area contributed by atoms with Gasteiger partial charge in [-0.15, -0.1) is 0 Å². The van der Waals surface area contributed by atoms with Gasteiger partial charge in [0, 0.05) is 11.2 Å². The monoisotopic (exact) mass is 404 g/mol. The predicted octanol–water partition coefficient (Wildman–Crippen LogP) is 3.74. The zero-order chi connectivity index (χ0) is 18.3. The smallest absolute Gasteiger partial charge is 0.297 e. The molecule has 0 aromatic heterocycles. The van der Waals surface area contributed by atoms with Crippen LogP contribution in [0.1, 0.15) is 6.42 Å². The number of benzene rings is 2. The van der Waals surface area contributed by atoms with Crippen LogP contribution in [0.5, 0.6) is 5.75 Å². The topological polar surface area (TPSA) is 89.9 Å². The van der Waals surface area contributed by atoms with Gasteiger partial charge in [-0.25, -0.2) is 0 Å². The Hall–Kier alpha value is -1.37. The van der Waals surface area contributed by atoms with Crippen LogP contribution < -0.4 is 4.74 Å². The highest BCUT2D eigenvalue weighted by molar-refractivity contribution is 7.87. The largest absolute Gasteiger partial charge is 0.494 e. The number of ether oxygens (including phenoxy) is 1. The van der Waals surface area contributed by atoms with Gasteiger partial charge in [-0.3, -0.25) is 8.75 Å². The Labute approximate surface area is 151 Å². The number of hydrogen-bond acceptors (Lipinski definition) is 5. The quantitative estimate of drug-likeness (QED) is 0.389. The van der Waals surface area contributed by atoms with Crippen LogP contribution in [0.2, 0.25) is 5.02 Å². The molecule has 0 aliphatic carbocycles. The lowest BCUT2D eigenvalue weighted by molar-refractivity contribution is 0.312. The first kappa shape index (κ1) is 19.9. The van der Waals surface area contributed by atoms with Crippen LogP contribution in [0.3, 0.4) is 0 Å². The third-order valence-corrected chi connectivity index (χ3v) is 6.43. The molecule has 2 rings (SSSR count). The predicted molar refractivity (Wildman–Crippen MR) is 95.8 cm³/mol. The maximum absolute atomic E-state index is 12.0. The molecular formula is C16H18ClO6PS. The molecule has 136 valence electrons. The van der Waals surface area contributed by atoms with Crippen molar-refractivity contribution >= 4 is 29.1 Å². The van der Waals surface area contributed by atoms with Crippen molar-refractivity contribution < 1.29 is 26.8 Å². The van der Waals surface area contributed by atoms with Crippen LogP contribution in [0, 0.1) is 0 Å². The first-order valence-electron chi connectivity index (χ1n) is 7.42. The molecule has 1 N–H and O–H groups in total. The lowest BCUT2D eigenvalue weighted by Gasteiger charge is -2.12. The van der Waals surface area contributed by atoms with E-state index < -0.39 is 23.8 Å². The zero-order valence-corrected chi connectivity index (χ0v) is 15.7. The molecule has 0 aliphatic heterocycles. The molecule has 0 heterocycles. The molecule has 0 bridgehead atoms. The van der Waals surface area contributed by atoms with E-state index in [0.717, 1.165) is 0 Å². The number of halogens is 1. The zero-order valence-electron chi connectivity index (χ0n) is 13.2. The summed E-state index contributed by atoms with van der Waals surface area (Å²) in [6, 6.07) is 14.4. The SMILES string of the molecule is O=P(O)(CCCOc1ccccc1)COS(=O)(=O)c1ccc(Cl)cc1. The third kappa shape index (κ3) is 6.80. The third-order valence-electron chi connectivity index (χ3n) is 3.18. The van der Waals surface area contributed by atoms with Crippen LogP contribution in [-0.4, -0.2) is 32.4 Å². The first-order chi connectivity index (χ1) is 11.8. The first-order valence-corrected chi connectivity index (χ1v) is 11.2. The van der Waals surface area contributed by atoms with Gasteiger partial charge >= 0.3 is 0 Å². The minimum atomic E-state index is -4.11. The molecule has 0 radical (unpaired) electrons. The molecule has 1 atom stereocenters. The average Bonchev–Trinajstić information content (AvgIpc) is 2.59. The van der Waals surface area contributed by atoms with Crippen molar-refractivity contribution in [1.82, 2.24) is 0 Å². The van der Waals surface area contributed by atoms with Crippen molar-refractivity contribution in [2.75, 3.05) is 19.1 Å². The van der Waals surface area contributed by atoms with E-state index in [1.165, 1.54) is 24.3 Å². The van der Waals surface area contributed by atoms with Gasteiger partial charge in [0.25, 0.3) is 10.1 Å². The van der Waals surface area contributed by atoms with E-state index in [-0.39, 0.29) is 17.7 Å². The highest BCUT2D eigenvalue weighted by atomic mass is 35.5. The van der Waals surface area contributed by atoms with Crippen LogP contribution >= 0.6 is 19.0 Å². The van der Waals surface area contributed by atoms with Gasteiger partial charge in [-0.2, -0.15) is 8.42 Å². The van der Waals surface area contributed by atoms with Gasteiger partial charge in [0.1, 0.15) is 12.1 Å². The molecule has 0 fully saturated rings. The number of rotatable bonds is 9. The van der Waals surface area contributed by atoms with Crippen molar-refractivity contribution in [3.05, 3.63) is 59.6 Å². The fourth-order valence-corrected chi connectivity index (χ4v) is 4.60. The summed E-state index contributed by atoms with van der Waals surface area (Å²) in [6.45, 7) is 0.249. The molecule has 2 aromatic carbocycles. The van der Waals surface area contributed by atoms with E-state index in [1.807, 2.05) is 18.2 Å². The minimum Gasteiger partial charge on any atom is -0.494 e. The van der Waals surface area contributed by atoms with Crippen molar-refractivity contribution in [2.24, 2.45) is 0 Å². The molecule has 0 spiro atoms. The molecule has 6 nitrogen and oxygen atoms in total. The summed E-state index contributed by atoms with van der Waals surface area (Å²) in [4.78, 5) is 9.73. The van der Waals surface area contributed by atoms with E-state index in [0.29, 0.717) is 17.2 Å². The van der Waals surface area contributed by atoms with Crippen LogP contribution in [-0.2, 0) is 18.9 Å². The molecule has 0 aliphatic rings. The highest BCUT2D eigenvalue weighted by Crippen LogP contribution is 2.41. The maximum atomic E-state index is 12.0. The standard InChI is InChI=1S/C16H18ClO6PS/c17-14-7-9-16(10-8-14)25(20,21)23-13-24(18,19)12-4-11-22-15-5-2-1-3-6-15/h1-3,5-10H,4,11-13H2,(H,18,19). The summed E-state index contributed by atoms with van der Waals surface area (Å²) in [5.41, 5.74) is 0. The summed E-state index contributed by atoms with van der Waals surface area (Å²) in [6.07, 6.45) is -0.577. The second-order valence-electron chi connectivity index (χ2n) is 5.24. The minimum absolute atomic E-state index is 0.101. The molecular weight excluding hydrogens is 387 g/mol. The van der Waals surface area contributed by atoms with E-state index >= 15 is 0 Å².